The van der Waals surface area contributed by atoms with E-state index in [-0.39, 0.29) is 0 Å². The first-order valence-corrected chi connectivity index (χ1v) is 8.19. The van der Waals surface area contributed by atoms with E-state index in [1.54, 1.807) is 6.20 Å². The van der Waals surface area contributed by atoms with Crippen LogP contribution in [-0.2, 0) is 4.74 Å². The number of pyridine rings is 2. The second-order valence-electron chi connectivity index (χ2n) is 5.08. The van der Waals surface area contributed by atoms with Gasteiger partial charge in [-0.05, 0) is 40.8 Å². The Hall–Kier alpha value is -1.74. The van der Waals surface area contributed by atoms with Gasteiger partial charge in [0.15, 0.2) is 0 Å². The Morgan fingerprint density at radius 3 is 2.86 bits per heavy atom. The molecule has 0 radical (unpaired) electrons. The molecule has 1 aliphatic rings. The maximum atomic E-state index is 5.42. The van der Waals surface area contributed by atoms with Crippen molar-refractivity contribution >= 4 is 39.3 Å². The molecule has 0 saturated carbocycles. The molecule has 1 saturated heterocycles. The Morgan fingerprint density at radius 2 is 2.09 bits per heavy atom. The maximum absolute atomic E-state index is 5.42. The number of nitrogens with one attached hydrogen (secondary N) is 1. The van der Waals surface area contributed by atoms with Crippen molar-refractivity contribution in [1.82, 2.24) is 20.2 Å². The molecule has 1 aliphatic heterocycles. The van der Waals surface area contributed by atoms with Gasteiger partial charge in [0.05, 0.1) is 13.2 Å². The summed E-state index contributed by atoms with van der Waals surface area (Å²) in [7, 11) is 0. The average Bonchev–Trinajstić information content (AvgIpc) is 3.09. The zero-order valence-electron chi connectivity index (χ0n) is 11.8. The van der Waals surface area contributed by atoms with E-state index >= 15 is 0 Å². The van der Waals surface area contributed by atoms with E-state index in [2.05, 4.69) is 48.7 Å². The fraction of sp³-hybridized carbons (Fsp3) is 0.267. The first-order chi connectivity index (χ1) is 10.8. The summed E-state index contributed by atoms with van der Waals surface area (Å²) in [6, 6.07) is 6.05. The van der Waals surface area contributed by atoms with Crippen LogP contribution < -0.4 is 4.90 Å². The molecule has 0 atom stereocenters. The number of H-pyrrole nitrogens is 1. The molecule has 3 aromatic heterocycles. The quantitative estimate of drug-likeness (QED) is 0.662. The van der Waals surface area contributed by atoms with Crippen LogP contribution in [0.15, 0.2) is 30.6 Å². The largest absolute Gasteiger partial charge is 0.378 e. The summed E-state index contributed by atoms with van der Waals surface area (Å²) in [5, 5.41) is 8.19. The minimum Gasteiger partial charge on any atom is -0.378 e. The van der Waals surface area contributed by atoms with Gasteiger partial charge in [-0.3, -0.25) is 10.1 Å². The smallest absolute Gasteiger partial charge is 0.130 e. The van der Waals surface area contributed by atoms with Gasteiger partial charge in [0.25, 0.3) is 0 Å². The van der Waals surface area contributed by atoms with Gasteiger partial charge in [0.1, 0.15) is 22.7 Å². The third kappa shape index (κ3) is 2.44. The number of aromatic nitrogens is 4. The molecule has 0 unspecified atom stereocenters. The van der Waals surface area contributed by atoms with Crippen molar-refractivity contribution in [3.05, 3.63) is 34.2 Å². The topological polar surface area (TPSA) is 66.9 Å². The maximum Gasteiger partial charge on any atom is 0.130 e. The molecule has 112 valence electrons. The third-order valence-electron chi connectivity index (χ3n) is 3.74. The lowest BCUT2D eigenvalue weighted by Gasteiger charge is -2.28. The van der Waals surface area contributed by atoms with Gasteiger partial charge in [-0.1, -0.05) is 0 Å². The number of ether oxygens (including phenoxy) is 1. The molecule has 6 nitrogen and oxygen atoms in total. The van der Waals surface area contributed by atoms with E-state index in [9.17, 15) is 0 Å². The molecule has 22 heavy (non-hydrogen) atoms. The number of hydrogen-bond acceptors (Lipinski definition) is 5. The van der Waals surface area contributed by atoms with Crippen molar-refractivity contribution in [1.29, 1.82) is 0 Å². The summed E-state index contributed by atoms with van der Waals surface area (Å²) in [6.45, 7) is 3.23. The van der Waals surface area contributed by atoms with Gasteiger partial charge < -0.3 is 9.64 Å². The summed E-state index contributed by atoms with van der Waals surface area (Å²) in [6.07, 6.45) is 3.61. The van der Waals surface area contributed by atoms with E-state index < -0.39 is 0 Å². The number of fused-ring (bicyclic) bond motifs is 1. The normalized spacial score (nSPS) is 15.4. The Kier molecular flexibility index (Phi) is 3.67. The van der Waals surface area contributed by atoms with Gasteiger partial charge >= 0.3 is 0 Å². The molecule has 4 rings (SSSR count). The Balaban J connectivity index is 1.89. The highest BCUT2D eigenvalue weighted by Gasteiger charge is 2.17. The number of rotatable bonds is 2. The van der Waals surface area contributed by atoms with Crippen LogP contribution >= 0.6 is 22.6 Å². The van der Waals surface area contributed by atoms with Crippen LogP contribution in [0, 0.1) is 3.57 Å². The fourth-order valence-corrected chi connectivity index (χ4v) is 3.35. The molecular formula is C15H14IN5O. The molecule has 1 fully saturated rings. The van der Waals surface area contributed by atoms with E-state index in [0.717, 1.165) is 54.4 Å². The molecule has 0 bridgehead atoms. The van der Waals surface area contributed by atoms with Gasteiger partial charge in [-0.2, -0.15) is 5.10 Å². The predicted molar refractivity (Wildman–Crippen MR) is 92.9 cm³/mol. The molecule has 0 amide bonds. The predicted octanol–water partition coefficient (Wildman–Crippen LogP) is 2.46. The number of hydrogen-bond donors (Lipinski definition) is 1. The molecule has 0 aromatic carbocycles. The third-order valence-corrected chi connectivity index (χ3v) is 4.63. The second kappa shape index (κ2) is 5.81. The zero-order chi connectivity index (χ0) is 14.9. The summed E-state index contributed by atoms with van der Waals surface area (Å²) < 4.78 is 6.59. The molecule has 4 heterocycles. The van der Waals surface area contributed by atoms with E-state index in [4.69, 9.17) is 9.72 Å². The van der Waals surface area contributed by atoms with Crippen molar-refractivity contribution in [3.8, 4) is 11.4 Å². The lowest BCUT2D eigenvalue weighted by Crippen LogP contribution is -2.36. The van der Waals surface area contributed by atoms with Crippen LogP contribution in [0.25, 0.3) is 22.3 Å². The van der Waals surface area contributed by atoms with Gasteiger partial charge in [0.2, 0.25) is 0 Å². The minimum absolute atomic E-state index is 0.746. The lowest BCUT2D eigenvalue weighted by atomic mass is 10.1. The van der Waals surface area contributed by atoms with Crippen molar-refractivity contribution < 1.29 is 4.74 Å². The second-order valence-corrected chi connectivity index (χ2v) is 6.24. The SMILES string of the molecule is Ic1cc(N2CCOCC2)nc2c(-c3cc[nH]n3)nccc12. The van der Waals surface area contributed by atoms with Crippen LogP contribution in [0.5, 0.6) is 0 Å². The molecule has 1 N–H and O–H groups in total. The van der Waals surface area contributed by atoms with E-state index in [0.29, 0.717) is 0 Å². The van der Waals surface area contributed by atoms with Crippen molar-refractivity contribution in [3.63, 3.8) is 0 Å². The zero-order valence-corrected chi connectivity index (χ0v) is 13.9. The van der Waals surface area contributed by atoms with Crippen molar-refractivity contribution in [2.24, 2.45) is 0 Å². The first-order valence-electron chi connectivity index (χ1n) is 7.11. The summed E-state index contributed by atoms with van der Waals surface area (Å²) in [5.41, 5.74) is 2.52. The summed E-state index contributed by atoms with van der Waals surface area (Å²) in [4.78, 5) is 11.6. The standard InChI is InChI=1S/C15H14IN5O/c16-11-9-13(21-5-7-22-8-6-21)19-14-10(11)1-3-17-15(14)12-2-4-18-20-12/h1-4,9H,5-8H2,(H,18,20). The van der Waals surface area contributed by atoms with E-state index in [1.165, 1.54) is 3.57 Å². The number of aromatic amines is 1. The highest BCUT2D eigenvalue weighted by Crippen LogP contribution is 2.29. The number of morpholine rings is 1. The number of anilines is 1. The Bertz CT molecular complexity index is 799. The number of nitrogens with zero attached hydrogens (tertiary/aromatic N) is 4. The fourth-order valence-electron chi connectivity index (χ4n) is 2.63. The molecule has 0 aliphatic carbocycles. The molecule has 7 heteroatoms. The van der Waals surface area contributed by atoms with E-state index in [1.807, 2.05) is 18.3 Å². The van der Waals surface area contributed by atoms with Gasteiger partial charge in [0, 0.05) is 34.4 Å². The summed E-state index contributed by atoms with van der Waals surface area (Å²) in [5.74, 6) is 0.977. The average molecular weight is 407 g/mol. The molecular weight excluding hydrogens is 393 g/mol. The first kappa shape index (κ1) is 13.9. The van der Waals surface area contributed by atoms with Crippen LogP contribution in [0.1, 0.15) is 0 Å². The van der Waals surface area contributed by atoms with Gasteiger partial charge in [-0.15, -0.1) is 0 Å². The van der Waals surface area contributed by atoms with Crippen molar-refractivity contribution in [2.75, 3.05) is 31.2 Å². The van der Waals surface area contributed by atoms with Crippen LogP contribution in [0.3, 0.4) is 0 Å². The minimum atomic E-state index is 0.746. The Labute approximate surface area is 141 Å². The summed E-state index contributed by atoms with van der Waals surface area (Å²) >= 11 is 2.36. The highest BCUT2D eigenvalue weighted by atomic mass is 127. The van der Waals surface area contributed by atoms with Gasteiger partial charge in [-0.25, -0.2) is 4.98 Å². The van der Waals surface area contributed by atoms with Crippen LogP contribution in [0.2, 0.25) is 0 Å². The molecule has 3 aromatic rings. The Morgan fingerprint density at radius 1 is 1.23 bits per heavy atom. The monoisotopic (exact) mass is 407 g/mol. The van der Waals surface area contributed by atoms with Crippen molar-refractivity contribution in [2.45, 2.75) is 0 Å². The van der Waals surface area contributed by atoms with Crippen LogP contribution in [-0.4, -0.2) is 46.5 Å². The lowest BCUT2D eigenvalue weighted by molar-refractivity contribution is 0.122. The highest BCUT2D eigenvalue weighted by molar-refractivity contribution is 14.1. The molecule has 0 spiro atoms. The van der Waals surface area contributed by atoms with Crippen LogP contribution in [0.4, 0.5) is 5.82 Å². The number of halogens is 1.